The van der Waals surface area contributed by atoms with E-state index in [0.29, 0.717) is 0 Å². The molecule has 0 unspecified atom stereocenters. The van der Waals surface area contributed by atoms with Crippen LogP contribution in [0.25, 0.3) is 0 Å². The Labute approximate surface area is 99.6 Å². The number of nitrogens with two attached hydrogens (primary N) is 1. The molecule has 1 fully saturated rings. The molecular weight excluding hydrogens is 252 g/mol. The molecule has 0 aliphatic carbocycles. The van der Waals surface area contributed by atoms with Gasteiger partial charge in [-0.2, -0.15) is 0 Å². The first-order valence-electron chi connectivity index (χ1n) is 5.48. The number of benzene rings is 1. The van der Waals surface area contributed by atoms with Crippen molar-refractivity contribution in [3.8, 4) is 0 Å². The van der Waals surface area contributed by atoms with E-state index < -0.39 is 0 Å². The predicted molar refractivity (Wildman–Crippen MR) is 68.2 cm³/mol. The summed E-state index contributed by atoms with van der Waals surface area (Å²) >= 11 is 3.59. The first kappa shape index (κ1) is 11.0. The van der Waals surface area contributed by atoms with Crippen molar-refractivity contribution in [1.82, 2.24) is 0 Å². The summed E-state index contributed by atoms with van der Waals surface area (Å²) < 4.78 is 1.13. The van der Waals surface area contributed by atoms with Crippen molar-refractivity contribution in [2.75, 3.05) is 18.0 Å². The van der Waals surface area contributed by atoms with E-state index in [9.17, 15) is 0 Å². The minimum absolute atomic E-state index is 0.0898. The fourth-order valence-corrected chi connectivity index (χ4v) is 2.79. The fraction of sp³-hybridized carbons (Fsp3) is 0.500. The third-order valence-electron chi connectivity index (χ3n) is 2.95. The van der Waals surface area contributed by atoms with Crippen molar-refractivity contribution >= 4 is 21.6 Å². The largest absolute Gasteiger partial charge is 0.372 e. The summed E-state index contributed by atoms with van der Waals surface area (Å²) in [5.74, 6) is 0. The zero-order chi connectivity index (χ0) is 10.8. The van der Waals surface area contributed by atoms with Crippen LogP contribution in [0.4, 0.5) is 5.69 Å². The first-order chi connectivity index (χ1) is 7.18. The van der Waals surface area contributed by atoms with E-state index in [1.54, 1.807) is 0 Å². The Bertz CT molecular complexity index is 343. The molecule has 1 saturated heterocycles. The van der Waals surface area contributed by atoms with Gasteiger partial charge in [0.2, 0.25) is 0 Å². The van der Waals surface area contributed by atoms with Crippen LogP contribution in [0.15, 0.2) is 22.7 Å². The molecule has 0 saturated carbocycles. The maximum Gasteiger partial charge on any atom is 0.0377 e. The van der Waals surface area contributed by atoms with E-state index >= 15 is 0 Å². The van der Waals surface area contributed by atoms with Gasteiger partial charge in [0.1, 0.15) is 0 Å². The molecule has 0 aromatic heterocycles. The van der Waals surface area contributed by atoms with Gasteiger partial charge in [-0.15, -0.1) is 0 Å². The highest BCUT2D eigenvalue weighted by atomic mass is 79.9. The van der Waals surface area contributed by atoms with Crippen LogP contribution in [0.3, 0.4) is 0 Å². The predicted octanol–water partition coefficient (Wildman–Crippen LogP) is 3.07. The summed E-state index contributed by atoms with van der Waals surface area (Å²) in [5.41, 5.74) is 8.36. The first-order valence-corrected chi connectivity index (χ1v) is 6.28. The molecule has 2 N–H and O–H groups in total. The summed E-state index contributed by atoms with van der Waals surface area (Å²) in [4.78, 5) is 2.43. The second-order valence-electron chi connectivity index (χ2n) is 4.19. The van der Waals surface area contributed by atoms with Crippen LogP contribution in [0.2, 0.25) is 0 Å². The van der Waals surface area contributed by atoms with E-state index in [1.807, 2.05) is 6.92 Å². The van der Waals surface area contributed by atoms with Crippen LogP contribution in [0, 0.1) is 0 Å². The quantitative estimate of drug-likeness (QED) is 0.894. The minimum Gasteiger partial charge on any atom is -0.372 e. The van der Waals surface area contributed by atoms with Crippen molar-refractivity contribution in [2.24, 2.45) is 5.73 Å². The molecule has 1 aliphatic heterocycles. The lowest BCUT2D eigenvalue weighted by molar-refractivity contribution is 0.812. The average Bonchev–Trinajstić information content (AvgIpc) is 2.69. The Balaban J connectivity index is 2.24. The molecule has 82 valence electrons. The standard InChI is InChI=1S/C12H17BrN2/c1-9(14)11-5-4-10(8-12(11)13)15-6-2-3-7-15/h4-5,8-9H,2-3,6-7,14H2,1H3/t9-/m1/s1. The van der Waals surface area contributed by atoms with Gasteiger partial charge in [-0.3, -0.25) is 0 Å². The second-order valence-corrected chi connectivity index (χ2v) is 5.04. The van der Waals surface area contributed by atoms with Crippen LogP contribution in [0.1, 0.15) is 31.4 Å². The van der Waals surface area contributed by atoms with Gasteiger partial charge in [-0.05, 0) is 37.5 Å². The molecule has 0 amide bonds. The SMILES string of the molecule is C[C@@H](N)c1ccc(N2CCCC2)cc1Br. The number of nitrogens with zero attached hydrogens (tertiary/aromatic N) is 1. The third-order valence-corrected chi connectivity index (χ3v) is 3.63. The highest BCUT2D eigenvalue weighted by Gasteiger charge is 2.14. The lowest BCUT2D eigenvalue weighted by atomic mass is 10.1. The molecule has 3 heteroatoms. The Hall–Kier alpha value is -0.540. The minimum atomic E-state index is 0.0898. The Kier molecular flexibility index (Phi) is 3.32. The van der Waals surface area contributed by atoms with Crippen LogP contribution in [-0.2, 0) is 0 Å². The van der Waals surface area contributed by atoms with E-state index in [4.69, 9.17) is 5.73 Å². The van der Waals surface area contributed by atoms with E-state index in [1.165, 1.54) is 37.2 Å². The smallest absolute Gasteiger partial charge is 0.0377 e. The molecular formula is C12H17BrN2. The number of rotatable bonds is 2. The number of hydrogen-bond donors (Lipinski definition) is 1. The lowest BCUT2D eigenvalue weighted by Gasteiger charge is -2.19. The van der Waals surface area contributed by atoms with Gasteiger partial charge in [0.25, 0.3) is 0 Å². The fourth-order valence-electron chi connectivity index (χ4n) is 2.06. The molecule has 0 bridgehead atoms. The molecule has 1 atom stereocenters. The highest BCUT2D eigenvalue weighted by molar-refractivity contribution is 9.10. The van der Waals surface area contributed by atoms with Crippen LogP contribution in [0.5, 0.6) is 0 Å². The van der Waals surface area contributed by atoms with Gasteiger partial charge in [0.15, 0.2) is 0 Å². The van der Waals surface area contributed by atoms with Gasteiger partial charge in [-0.1, -0.05) is 22.0 Å². The summed E-state index contributed by atoms with van der Waals surface area (Å²) in [6.07, 6.45) is 2.62. The Morgan fingerprint density at radius 2 is 2.00 bits per heavy atom. The number of halogens is 1. The molecule has 1 aromatic rings. The van der Waals surface area contributed by atoms with Crippen molar-refractivity contribution in [3.05, 3.63) is 28.2 Å². The van der Waals surface area contributed by atoms with Crippen LogP contribution in [-0.4, -0.2) is 13.1 Å². The third kappa shape index (κ3) is 2.34. The lowest BCUT2D eigenvalue weighted by Crippen LogP contribution is -2.17. The number of hydrogen-bond acceptors (Lipinski definition) is 2. The van der Waals surface area contributed by atoms with E-state index in [-0.39, 0.29) is 6.04 Å². The zero-order valence-electron chi connectivity index (χ0n) is 9.04. The van der Waals surface area contributed by atoms with Crippen molar-refractivity contribution in [1.29, 1.82) is 0 Å². The van der Waals surface area contributed by atoms with Crippen LogP contribution >= 0.6 is 15.9 Å². The topological polar surface area (TPSA) is 29.3 Å². The summed E-state index contributed by atoms with van der Waals surface area (Å²) in [5, 5.41) is 0. The molecule has 0 radical (unpaired) electrons. The molecule has 1 heterocycles. The van der Waals surface area contributed by atoms with E-state index in [0.717, 1.165) is 4.47 Å². The Morgan fingerprint density at radius 1 is 1.33 bits per heavy atom. The molecule has 2 nitrogen and oxygen atoms in total. The zero-order valence-corrected chi connectivity index (χ0v) is 10.6. The maximum absolute atomic E-state index is 5.87. The monoisotopic (exact) mass is 268 g/mol. The van der Waals surface area contributed by atoms with Gasteiger partial charge in [0, 0.05) is 29.3 Å². The molecule has 15 heavy (non-hydrogen) atoms. The second kappa shape index (κ2) is 4.54. The molecule has 1 aliphatic rings. The summed E-state index contributed by atoms with van der Waals surface area (Å²) in [6.45, 7) is 4.38. The van der Waals surface area contributed by atoms with Crippen LogP contribution < -0.4 is 10.6 Å². The normalized spacial score (nSPS) is 18.2. The van der Waals surface area contributed by atoms with Crippen molar-refractivity contribution in [3.63, 3.8) is 0 Å². The van der Waals surface area contributed by atoms with Crippen molar-refractivity contribution < 1.29 is 0 Å². The summed E-state index contributed by atoms with van der Waals surface area (Å²) in [6, 6.07) is 6.58. The van der Waals surface area contributed by atoms with Gasteiger partial charge < -0.3 is 10.6 Å². The molecule has 1 aromatic carbocycles. The van der Waals surface area contributed by atoms with E-state index in [2.05, 4.69) is 39.0 Å². The Morgan fingerprint density at radius 3 is 2.53 bits per heavy atom. The maximum atomic E-state index is 5.87. The molecule has 0 spiro atoms. The van der Waals surface area contributed by atoms with Gasteiger partial charge in [0.05, 0.1) is 0 Å². The average molecular weight is 269 g/mol. The number of anilines is 1. The van der Waals surface area contributed by atoms with Gasteiger partial charge >= 0.3 is 0 Å². The highest BCUT2D eigenvalue weighted by Crippen LogP contribution is 2.28. The van der Waals surface area contributed by atoms with Crippen molar-refractivity contribution in [2.45, 2.75) is 25.8 Å². The molecule has 2 rings (SSSR count). The van der Waals surface area contributed by atoms with Gasteiger partial charge in [-0.25, -0.2) is 0 Å². The summed E-state index contributed by atoms with van der Waals surface area (Å²) in [7, 11) is 0.